The normalized spacial score (nSPS) is 12.7. The zero-order valence-corrected chi connectivity index (χ0v) is 15.9. The van der Waals surface area contributed by atoms with Crippen LogP contribution in [0, 0.1) is 11.3 Å². The maximum Gasteiger partial charge on any atom is 0.340 e. The third-order valence-electron chi connectivity index (χ3n) is 4.15. The van der Waals surface area contributed by atoms with Gasteiger partial charge in [0.2, 0.25) is 0 Å². The zero-order valence-electron chi connectivity index (χ0n) is 15.1. The Kier molecular flexibility index (Phi) is 6.06. The summed E-state index contributed by atoms with van der Waals surface area (Å²) >= 11 is 1.28. The maximum absolute atomic E-state index is 12.5. The van der Waals surface area contributed by atoms with E-state index in [4.69, 9.17) is 4.74 Å². The minimum absolute atomic E-state index is 0.0888. The number of nitrogens with zero attached hydrogens (tertiary/aromatic N) is 2. The van der Waals surface area contributed by atoms with Crippen molar-refractivity contribution < 1.29 is 19.1 Å². The number of amides is 2. The van der Waals surface area contributed by atoms with Crippen molar-refractivity contribution >= 4 is 29.5 Å². The molecular formula is C20H17N3O4S. The van der Waals surface area contributed by atoms with Gasteiger partial charge < -0.3 is 4.74 Å². The van der Waals surface area contributed by atoms with E-state index in [0.29, 0.717) is 10.6 Å². The van der Waals surface area contributed by atoms with Crippen LogP contribution in [-0.4, -0.2) is 35.6 Å². The first kappa shape index (κ1) is 19.6. The Morgan fingerprint density at radius 1 is 1.29 bits per heavy atom. The molecule has 0 aliphatic heterocycles. The lowest BCUT2D eigenvalue weighted by molar-refractivity contribution is -0.123. The Hall–Kier alpha value is -3.18. The lowest BCUT2D eigenvalue weighted by atomic mass is 10.1. The number of pyridine rings is 1. The predicted octanol–water partition coefficient (Wildman–Crippen LogP) is 2.67. The first-order chi connectivity index (χ1) is 13.5. The molecule has 0 saturated heterocycles. The molecule has 1 aliphatic rings. The molecule has 1 aromatic carbocycles. The molecule has 8 heteroatoms. The van der Waals surface area contributed by atoms with Gasteiger partial charge in [0, 0.05) is 17.2 Å². The Balaban J connectivity index is 1.67. The number of thioether (sulfide) groups is 1. The lowest BCUT2D eigenvalue weighted by Crippen LogP contribution is -2.34. The van der Waals surface area contributed by atoms with Crippen molar-refractivity contribution in [1.82, 2.24) is 10.3 Å². The summed E-state index contributed by atoms with van der Waals surface area (Å²) in [6, 6.07) is 11.8. The van der Waals surface area contributed by atoms with Crippen LogP contribution in [0.3, 0.4) is 0 Å². The number of nitriles is 1. The van der Waals surface area contributed by atoms with Gasteiger partial charge in [0.15, 0.2) is 6.61 Å². The highest BCUT2D eigenvalue weighted by Crippen LogP contribution is 2.40. The molecule has 1 saturated carbocycles. The predicted molar refractivity (Wildman–Crippen MR) is 102 cm³/mol. The van der Waals surface area contributed by atoms with Gasteiger partial charge in [-0.2, -0.15) is 5.26 Å². The van der Waals surface area contributed by atoms with Crippen LogP contribution in [0.2, 0.25) is 0 Å². The summed E-state index contributed by atoms with van der Waals surface area (Å²) in [5.74, 6) is -1.83. The molecule has 1 N–H and O–H groups in total. The molecule has 2 amide bonds. The third kappa shape index (κ3) is 4.56. The quantitative estimate of drug-likeness (QED) is 0.591. The van der Waals surface area contributed by atoms with Crippen molar-refractivity contribution in [2.24, 2.45) is 0 Å². The molecule has 7 nitrogen and oxygen atoms in total. The molecule has 0 unspecified atom stereocenters. The summed E-state index contributed by atoms with van der Waals surface area (Å²) in [6.07, 6.45) is 3.76. The van der Waals surface area contributed by atoms with Crippen LogP contribution in [0.5, 0.6) is 0 Å². The number of esters is 1. The van der Waals surface area contributed by atoms with Crippen molar-refractivity contribution in [3.63, 3.8) is 0 Å². The number of hydrogen-bond donors (Lipinski definition) is 1. The standard InChI is InChI=1S/C20H17N3O4S/c1-28-19-15(10-21)14(9-16(22-19)12-7-8-12)20(26)27-11-17(24)23-18(25)13-5-3-2-4-6-13/h2-6,9,12H,7-8,11H2,1H3,(H,23,24,25). The molecule has 0 spiro atoms. The van der Waals surface area contributed by atoms with E-state index in [1.807, 2.05) is 6.07 Å². The average molecular weight is 395 g/mol. The SMILES string of the molecule is CSc1nc(C2CC2)cc(C(=O)OCC(=O)NC(=O)c2ccccc2)c1C#N. The summed E-state index contributed by atoms with van der Waals surface area (Å²) in [5, 5.41) is 12.0. The summed E-state index contributed by atoms with van der Waals surface area (Å²) < 4.78 is 5.03. The number of imide groups is 1. The molecule has 3 rings (SSSR count). The highest BCUT2D eigenvalue weighted by Gasteiger charge is 2.29. The van der Waals surface area contributed by atoms with E-state index >= 15 is 0 Å². The number of benzene rings is 1. The second kappa shape index (κ2) is 8.67. The molecule has 28 heavy (non-hydrogen) atoms. The number of carbonyl (C=O) groups is 3. The van der Waals surface area contributed by atoms with Crippen molar-refractivity contribution in [3.8, 4) is 6.07 Å². The molecule has 1 aliphatic carbocycles. The van der Waals surface area contributed by atoms with Gasteiger partial charge in [0.1, 0.15) is 11.1 Å². The highest BCUT2D eigenvalue weighted by atomic mass is 32.2. The van der Waals surface area contributed by atoms with E-state index in [0.717, 1.165) is 18.5 Å². The minimum atomic E-state index is -0.793. The molecule has 0 bridgehead atoms. The van der Waals surface area contributed by atoms with E-state index in [-0.39, 0.29) is 17.0 Å². The highest BCUT2D eigenvalue weighted by molar-refractivity contribution is 7.98. The Morgan fingerprint density at radius 2 is 2.00 bits per heavy atom. The molecule has 0 atom stereocenters. The summed E-state index contributed by atoms with van der Waals surface area (Å²) in [4.78, 5) is 40.8. The molecule has 1 fully saturated rings. The van der Waals surface area contributed by atoms with E-state index in [1.54, 1.807) is 42.7 Å². The second-order valence-electron chi connectivity index (χ2n) is 6.18. The topological polar surface area (TPSA) is 109 Å². The van der Waals surface area contributed by atoms with E-state index in [2.05, 4.69) is 10.3 Å². The number of nitrogens with one attached hydrogen (secondary N) is 1. The van der Waals surface area contributed by atoms with E-state index < -0.39 is 24.4 Å². The van der Waals surface area contributed by atoms with Crippen LogP contribution >= 0.6 is 11.8 Å². The lowest BCUT2D eigenvalue weighted by Gasteiger charge is -2.10. The van der Waals surface area contributed by atoms with Crippen molar-refractivity contribution in [3.05, 3.63) is 58.8 Å². The first-order valence-electron chi connectivity index (χ1n) is 8.59. The number of hydrogen-bond acceptors (Lipinski definition) is 7. The molecule has 1 aromatic heterocycles. The van der Waals surface area contributed by atoms with Crippen LogP contribution in [0.15, 0.2) is 41.4 Å². The van der Waals surface area contributed by atoms with Crippen LogP contribution < -0.4 is 5.32 Å². The number of aromatic nitrogens is 1. The van der Waals surface area contributed by atoms with Gasteiger partial charge in [-0.15, -0.1) is 11.8 Å². The van der Waals surface area contributed by atoms with Gasteiger partial charge in [-0.1, -0.05) is 18.2 Å². The first-order valence-corrected chi connectivity index (χ1v) is 9.81. The van der Waals surface area contributed by atoms with Crippen LogP contribution in [0.25, 0.3) is 0 Å². The van der Waals surface area contributed by atoms with Crippen molar-refractivity contribution in [2.45, 2.75) is 23.8 Å². The third-order valence-corrected chi connectivity index (χ3v) is 4.83. The van der Waals surface area contributed by atoms with Gasteiger partial charge >= 0.3 is 5.97 Å². The Morgan fingerprint density at radius 3 is 2.61 bits per heavy atom. The summed E-state index contributed by atoms with van der Waals surface area (Å²) in [7, 11) is 0. The second-order valence-corrected chi connectivity index (χ2v) is 6.98. The van der Waals surface area contributed by atoms with Gasteiger partial charge in [0.05, 0.1) is 11.1 Å². The molecule has 0 radical (unpaired) electrons. The van der Waals surface area contributed by atoms with Gasteiger partial charge in [-0.05, 0) is 37.3 Å². The van der Waals surface area contributed by atoms with Crippen LogP contribution in [-0.2, 0) is 9.53 Å². The fourth-order valence-corrected chi connectivity index (χ4v) is 3.14. The summed E-state index contributed by atoms with van der Waals surface area (Å²) in [5.41, 5.74) is 1.29. The van der Waals surface area contributed by atoms with Crippen molar-refractivity contribution in [1.29, 1.82) is 5.26 Å². The maximum atomic E-state index is 12.5. The average Bonchev–Trinajstić information content (AvgIpc) is 3.56. The number of rotatable bonds is 6. The van der Waals surface area contributed by atoms with Gasteiger partial charge in [-0.3, -0.25) is 14.9 Å². The Labute approximate surface area is 166 Å². The molecular weight excluding hydrogens is 378 g/mol. The van der Waals surface area contributed by atoms with Gasteiger partial charge in [0.25, 0.3) is 11.8 Å². The van der Waals surface area contributed by atoms with E-state index in [1.165, 1.54) is 11.8 Å². The number of carbonyl (C=O) groups excluding carboxylic acids is 3. The zero-order chi connectivity index (χ0) is 20.1. The fourth-order valence-electron chi connectivity index (χ4n) is 2.58. The number of ether oxygens (including phenoxy) is 1. The molecule has 2 aromatic rings. The fraction of sp³-hybridized carbons (Fsp3) is 0.250. The smallest absolute Gasteiger partial charge is 0.340 e. The van der Waals surface area contributed by atoms with Gasteiger partial charge in [-0.25, -0.2) is 9.78 Å². The van der Waals surface area contributed by atoms with Crippen LogP contribution in [0.4, 0.5) is 0 Å². The van der Waals surface area contributed by atoms with E-state index in [9.17, 15) is 19.6 Å². The monoisotopic (exact) mass is 395 g/mol. The van der Waals surface area contributed by atoms with Crippen LogP contribution in [0.1, 0.15) is 50.7 Å². The Bertz CT molecular complexity index is 965. The minimum Gasteiger partial charge on any atom is -0.452 e. The summed E-state index contributed by atoms with van der Waals surface area (Å²) in [6.45, 7) is -0.627. The molecule has 1 heterocycles. The largest absolute Gasteiger partial charge is 0.452 e. The molecule has 142 valence electrons. The van der Waals surface area contributed by atoms with Crippen molar-refractivity contribution in [2.75, 3.05) is 12.9 Å².